The zero-order chi connectivity index (χ0) is 34.6. The Morgan fingerprint density at radius 2 is 1.74 bits per heavy atom. The summed E-state index contributed by atoms with van der Waals surface area (Å²) in [7, 11) is 1.23. The van der Waals surface area contributed by atoms with Gasteiger partial charge in [-0.15, -0.1) is 0 Å². The second-order valence-corrected chi connectivity index (χ2v) is 16.0. The molecule has 1 fully saturated rings. The van der Waals surface area contributed by atoms with Gasteiger partial charge >= 0.3 is 8.80 Å². The molecule has 50 heavy (non-hydrogen) atoms. The summed E-state index contributed by atoms with van der Waals surface area (Å²) < 4.78 is 21.2. The smallest absolute Gasteiger partial charge is 0.310 e. The van der Waals surface area contributed by atoms with Crippen LogP contribution in [-0.2, 0) is 29.3 Å². The molecule has 6 aromatic rings. The van der Waals surface area contributed by atoms with Gasteiger partial charge in [-0.3, -0.25) is 0 Å². The van der Waals surface area contributed by atoms with Crippen LogP contribution in [0.15, 0.2) is 61.1 Å². The van der Waals surface area contributed by atoms with Gasteiger partial charge in [0.2, 0.25) is 11.9 Å². The molecule has 2 aromatic carbocycles. The van der Waals surface area contributed by atoms with Crippen molar-refractivity contribution < 1.29 is 14.2 Å². The Bertz CT molecular complexity index is 2070. The van der Waals surface area contributed by atoms with Crippen LogP contribution in [0.25, 0.3) is 27.8 Å². The predicted octanol–water partition coefficient (Wildman–Crippen LogP) is 6.02. The Balaban J connectivity index is 1.37. The molecule has 0 spiro atoms. The number of anilines is 2. The minimum absolute atomic E-state index is 0.314. The highest BCUT2D eigenvalue weighted by Crippen LogP contribution is 2.32. The lowest BCUT2D eigenvalue weighted by molar-refractivity contribution is 0.0882. The van der Waals surface area contributed by atoms with Crippen molar-refractivity contribution >= 4 is 60.6 Å². The third-order valence-electron chi connectivity index (χ3n) is 8.51. The fourth-order valence-corrected chi connectivity index (χ4v) is 6.67. The number of ether oxygens (including phenoxy) is 3. The summed E-state index contributed by atoms with van der Waals surface area (Å²) in [6.07, 6.45) is 5.17. The largest absolute Gasteiger partial charge is 0.497 e. The summed E-state index contributed by atoms with van der Waals surface area (Å²) in [4.78, 5) is 19.6. The van der Waals surface area contributed by atoms with Gasteiger partial charge in [0.1, 0.15) is 18.3 Å². The summed E-state index contributed by atoms with van der Waals surface area (Å²) in [5.74, 6) is 2.72. The van der Waals surface area contributed by atoms with E-state index in [1.165, 1.54) is 0 Å². The van der Waals surface area contributed by atoms with Crippen LogP contribution in [-0.4, -0.2) is 88.1 Å². The van der Waals surface area contributed by atoms with E-state index < -0.39 is 8.80 Å². The zero-order valence-electron chi connectivity index (χ0n) is 28.1. The van der Waals surface area contributed by atoms with Crippen molar-refractivity contribution in [1.82, 2.24) is 39.3 Å². The van der Waals surface area contributed by atoms with Crippen LogP contribution in [0.5, 0.6) is 5.75 Å². The highest BCUT2D eigenvalue weighted by molar-refractivity contribution is 6.55. The molecule has 258 valence electrons. The average molecular weight is 733 g/mol. The lowest BCUT2D eigenvalue weighted by Crippen LogP contribution is -2.38. The number of hydrogen-bond acceptors (Lipinski definition) is 11. The molecule has 0 amide bonds. The van der Waals surface area contributed by atoms with E-state index in [1.54, 1.807) is 36.3 Å². The van der Waals surface area contributed by atoms with Crippen LogP contribution < -0.4 is 14.5 Å². The lowest BCUT2D eigenvalue weighted by atomic mass is 10.2. The molecule has 13 nitrogen and oxygen atoms in total. The number of imidazole rings is 1. The second kappa shape index (κ2) is 15.3. The maximum Gasteiger partial charge on any atom is 0.310 e. The van der Waals surface area contributed by atoms with E-state index in [1.807, 2.05) is 36.4 Å². The summed E-state index contributed by atoms with van der Waals surface area (Å²) in [5.41, 5.74) is 4.93. The molecule has 7 rings (SSSR count). The minimum Gasteiger partial charge on any atom is -0.497 e. The summed E-state index contributed by atoms with van der Waals surface area (Å²) >= 11 is 13.0. The number of fused-ring (bicyclic) bond motifs is 2. The molecule has 0 unspecified atom stereocenters. The maximum atomic E-state index is 6.53. The van der Waals surface area contributed by atoms with Crippen LogP contribution in [0, 0.1) is 0 Å². The van der Waals surface area contributed by atoms with Gasteiger partial charge in [0.15, 0.2) is 5.65 Å². The maximum absolute atomic E-state index is 6.53. The first-order chi connectivity index (χ1) is 24.4. The van der Waals surface area contributed by atoms with Crippen LogP contribution >= 0.6 is 23.2 Å². The molecule has 5 heterocycles. The van der Waals surface area contributed by atoms with Gasteiger partial charge in [0.05, 0.1) is 92.3 Å². The summed E-state index contributed by atoms with van der Waals surface area (Å²) in [5, 5.41) is 13.8. The number of morpholine rings is 1. The highest BCUT2D eigenvalue weighted by Gasteiger charge is 2.25. The molecule has 16 heteroatoms. The van der Waals surface area contributed by atoms with Gasteiger partial charge in [0, 0.05) is 30.8 Å². The summed E-state index contributed by atoms with van der Waals surface area (Å²) in [6, 6.07) is 14.6. The van der Waals surface area contributed by atoms with Crippen LogP contribution in [0.2, 0.25) is 29.2 Å². The zero-order valence-corrected chi connectivity index (χ0v) is 30.6. The van der Waals surface area contributed by atoms with Crippen molar-refractivity contribution in [3.05, 3.63) is 82.5 Å². The first-order valence-electron chi connectivity index (χ1n) is 16.3. The third kappa shape index (κ3) is 7.39. The molecule has 0 N–H and O–H groups in total. The van der Waals surface area contributed by atoms with Gasteiger partial charge in [-0.1, -0.05) is 35.3 Å². The van der Waals surface area contributed by atoms with Crippen LogP contribution in [0.1, 0.15) is 11.4 Å². The SMILES string of the molecule is COc1ccc(CN(Cc2nc3cc(Cl)c(Cl)cc3n2COCC[Si+](C)C)c2nc(N3CCOCC3)nc3c(-c4ccnnc4)cnn23)cc1. The lowest BCUT2D eigenvalue weighted by Gasteiger charge is -2.29. The van der Waals surface area contributed by atoms with Crippen molar-refractivity contribution in [2.45, 2.75) is 39.0 Å². The van der Waals surface area contributed by atoms with Crippen molar-refractivity contribution in [1.29, 1.82) is 0 Å². The second-order valence-electron chi connectivity index (χ2n) is 12.3. The number of aromatic nitrogens is 8. The van der Waals surface area contributed by atoms with E-state index in [9.17, 15) is 0 Å². The monoisotopic (exact) mass is 731 g/mol. The van der Waals surface area contributed by atoms with Gasteiger partial charge in [-0.05, 0) is 35.9 Å². The van der Waals surface area contributed by atoms with Gasteiger partial charge in [0.25, 0.3) is 0 Å². The van der Waals surface area contributed by atoms with Crippen molar-refractivity contribution in [3.63, 3.8) is 0 Å². The average Bonchev–Trinajstić information content (AvgIpc) is 3.71. The molecular formula is C34H37Cl2N10O3Si+. The molecule has 1 aliphatic rings. The number of nitrogens with zero attached hydrogens (tertiary/aromatic N) is 10. The van der Waals surface area contributed by atoms with E-state index in [4.69, 9.17) is 57.5 Å². The van der Waals surface area contributed by atoms with Gasteiger partial charge < -0.3 is 28.6 Å². The Hall–Kier alpha value is -4.34. The fraction of sp³-hybridized carbons (Fsp3) is 0.353. The van der Waals surface area contributed by atoms with E-state index in [2.05, 4.69) is 37.7 Å². The standard InChI is InChI=1S/C34H37Cl2N10O3Si/c1-47-25-6-4-23(5-7-25)20-44(21-31-40-29-16-27(35)28(36)17-30(29)45(31)22-49-14-15-50(2)3)34-42-33(43-10-12-48-13-11-43)41-32-26(19-39-46(32)34)24-8-9-37-38-18-24/h4-9,16-19H,10-15,20-22H2,1-3H3/q+1. The molecule has 0 bridgehead atoms. The molecule has 0 atom stereocenters. The Morgan fingerprint density at radius 3 is 2.48 bits per heavy atom. The number of benzene rings is 2. The Morgan fingerprint density at radius 1 is 0.940 bits per heavy atom. The van der Waals surface area contributed by atoms with Crippen molar-refractivity contribution in [2.75, 3.05) is 49.8 Å². The molecule has 0 saturated carbocycles. The number of halogens is 2. The number of methoxy groups -OCH3 is 1. The fourth-order valence-electron chi connectivity index (χ4n) is 5.80. The van der Waals surface area contributed by atoms with Crippen molar-refractivity contribution in [2.24, 2.45) is 0 Å². The molecule has 1 saturated heterocycles. The number of rotatable bonds is 13. The molecule has 1 aliphatic heterocycles. The first-order valence-corrected chi connectivity index (χ1v) is 19.8. The minimum atomic E-state index is -0.434. The van der Waals surface area contributed by atoms with E-state index in [0.29, 0.717) is 80.3 Å². The third-order valence-corrected chi connectivity index (χ3v) is 10.4. The Kier molecular flexibility index (Phi) is 10.4. The van der Waals surface area contributed by atoms with E-state index in [-0.39, 0.29) is 0 Å². The highest BCUT2D eigenvalue weighted by atomic mass is 35.5. The molecule has 0 radical (unpaired) electrons. The normalized spacial score (nSPS) is 13.3. The molecular weight excluding hydrogens is 695 g/mol. The first kappa shape index (κ1) is 34.1. The topological polar surface area (TPSA) is 121 Å². The van der Waals surface area contributed by atoms with Crippen LogP contribution in [0.3, 0.4) is 0 Å². The Labute approximate surface area is 301 Å². The summed E-state index contributed by atoms with van der Waals surface area (Å²) in [6.45, 7) is 8.89. The number of hydrogen-bond donors (Lipinski definition) is 0. The molecule has 0 aliphatic carbocycles. The van der Waals surface area contributed by atoms with E-state index >= 15 is 0 Å². The van der Waals surface area contributed by atoms with Gasteiger partial charge in [-0.2, -0.15) is 29.8 Å². The van der Waals surface area contributed by atoms with Crippen molar-refractivity contribution in [3.8, 4) is 16.9 Å². The predicted molar refractivity (Wildman–Crippen MR) is 196 cm³/mol. The van der Waals surface area contributed by atoms with Crippen LogP contribution in [0.4, 0.5) is 11.9 Å². The van der Waals surface area contributed by atoms with Gasteiger partial charge in [-0.25, -0.2) is 4.98 Å². The van der Waals surface area contributed by atoms with E-state index in [0.717, 1.165) is 45.3 Å². The molecule has 4 aromatic heterocycles. The quantitative estimate of drug-likeness (QED) is 0.102.